The summed E-state index contributed by atoms with van der Waals surface area (Å²) in [5.74, 6) is -0.430. The Kier molecular flexibility index (Phi) is 4.24. The van der Waals surface area contributed by atoms with Gasteiger partial charge in [-0.3, -0.25) is 0 Å². The van der Waals surface area contributed by atoms with Gasteiger partial charge in [0, 0.05) is 0 Å². The molecule has 2 aromatic carbocycles. The predicted octanol–water partition coefficient (Wildman–Crippen LogP) is 0.931. The highest BCUT2D eigenvalue weighted by atomic mass is 32.3. The van der Waals surface area contributed by atoms with Gasteiger partial charge in [0.15, 0.2) is 0 Å². The number of benzene rings is 2. The molecule has 120 valence electrons. The summed E-state index contributed by atoms with van der Waals surface area (Å²) in [5, 5.41) is 18.3. The number of sulfone groups is 2. The second-order valence-electron chi connectivity index (χ2n) is 4.36. The Morgan fingerprint density at radius 2 is 1.04 bits per heavy atom. The third kappa shape index (κ3) is 3.09. The van der Waals surface area contributed by atoms with Gasteiger partial charge in [-0.2, -0.15) is 0 Å². The molecule has 23 heavy (non-hydrogen) atoms. The van der Waals surface area contributed by atoms with Gasteiger partial charge in [-0.1, -0.05) is 0 Å². The van der Waals surface area contributed by atoms with Gasteiger partial charge >= 0.3 is 4.38 Å². The third-order valence-electron chi connectivity index (χ3n) is 2.84. The van der Waals surface area contributed by atoms with Crippen molar-refractivity contribution in [3.8, 4) is 11.5 Å². The first kappa shape index (κ1) is 16.7. The molecule has 0 amide bonds. The molecule has 0 aliphatic heterocycles. The maximum Gasteiger partial charge on any atom is 0.504 e. The molecule has 0 aliphatic rings. The monoisotopic (exact) mass is 354 g/mol. The van der Waals surface area contributed by atoms with E-state index in [2.05, 4.69) is 4.79 Å². The Balaban J connectivity index is 2.61. The smallest absolute Gasteiger partial charge is 0.504 e. The van der Waals surface area contributed by atoms with Gasteiger partial charge in [0.1, 0.15) is 11.5 Å². The fourth-order valence-corrected chi connectivity index (χ4v) is 5.04. The van der Waals surface area contributed by atoms with Crippen molar-refractivity contribution >= 4 is 24.1 Å². The Hall–Kier alpha value is -2.68. The van der Waals surface area contributed by atoms with Crippen LogP contribution in [0.5, 0.6) is 11.5 Å². The SMILES string of the molecule is [N-]=[N+]=C(S(=O)(=O)c1ccc(O)cc1)S(=O)(=O)c1ccc(O)cc1. The van der Waals surface area contributed by atoms with Crippen LogP contribution in [0.25, 0.3) is 5.53 Å². The standard InChI is InChI=1S/C13H10N2O6S2/c14-15-13(22(18,19)11-5-1-9(16)2-6-11)23(20,21)12-7-3-10(17)4-8-12/h1-8,16-17H. The molecule has 0 heterocycles. The lowest BCUT2D eigenvalue weighted by Gasteiger charge is -2.03. The van der Waals surface area contributed by atoms with Crippen LogP contribution in [0.3, 0.4) is 0 Å². The molecule has 0 aromatic heterocycles. The molecule has 0 bridgehead atoms. The molecule has 10 heteroatoms. The average Bonchev–Trinajstić information content (AvgIpc) is 2.48. The minimum absolute atomic E-state index is 0.215. The van der Waals surface area contributed by atoms with E-state index in [9.17, 15) is 16.8 Å². The molecule has 2 rings (SSSR count). The van der Waals surface area contributed by atoms with Gasteiger partial charge < -0.3 is 15.7 Å². The minimum atomic E-state index is -4.65. The highest BCUT2D eigenvalue weighted by molar-refractivity contribution is 8.31. The van der Waals surface area contributed by atoms with Crippen molar-refractivity contribution < 1.29 is 31.8 Å². The predicted molar refractivity (Wildman–Crippen MR) is 79.2 cm³/mol. The van der Waals surface area contributed by atoms with E-state index in [0.29, 0.717) is 0 Å². The van der Waals surface area contributed by atoms with Gasteiger partial charge in [-0.05, 0) is 48.5 Å². The molecule has 0 aliphatic carbocycles. The summed E-state index contributed by atoms with van der Waals surface area (Å²) >= 11 is 0. The first-order valence-corrected chi connectivity index (χ1v) is 8.96. The van der Waals surface area contributed by atoms with Gasteiger partial charge in [-0.15, -0.1) is 4.79 Å². The molecule has 0 atom stereocenters. The Morgan fingerprint density at radius 1 is 0.739 bits per heavy atom. The fourth-order valence-electron chi connectivity index (χ4n) is 1.70. The van der Waals surface area contributed by atoms with E-state index < -0.39 is 33.8 Å². The second kappa shape index (κ2) is 5.84. The van der Waals surface area contributed by atoms with E-state index in [1.54, 1.807) is 0 Å². The highest BCUT2D eigenvalue weighted by Crippen LogP contribution is 2.23. The summed E-state index contributed by atoms with van der Waals surface area (Å²) < 4.78 is 48.0. The Bertz CT molecular complexity index is 910. The van der Waals surface area contributed by atoms with E-state index in [-0.39, 0.29) is 11.5 Å². The molecule has 0 spiro atoms. The van der Waals surface area contributed by atoms with Crippen molar-refractivity contribution in [1.29, 1.82) is 0 Å². The lowest BCUT2D eigenvalue weighted by molar-refractivity contribution is 0.00380. The number of phenols is 2. The van der Waals surface area contributed by atoms with Crippen LogP contribution >= 0.6 is 0 Å². The molecule has 2 aromatic rings. The van der Waals surface area contributed by atoms with Crippen molar-refractivity contribution in [3.63, 3.8) is 0 Å². The fraction of sp³-hybridized carbons (Fsp3) is 0. The second-order valence-corrected chi connectivity index (χ2v) is 8.35. The van der Waals surface area contributed by atoms with Gasteiger partial charge in [0.05, 0.1) is 9.79 Å². The summed E-state index contributed by atoms with van der Waals surface area (Å²) in [5.41, 5.74) is 8.96. The molecule has 0 unspecified atom stereocenters. The van der Waals surface area contributed by atoms with Crippen molar-refractivity contribution in [2.75, 3.05) is 0 Å². The summed E-state index contributed by atoms with van der Waals surface area (Å²) in [6.07, 6.45) is 0. The zero-order valence-electron chi connectivity index (χ0n) is 11.4. The largest absolute Gasteiger partial charge is 0.508 e. The zero-order chi connectivity index (χ0) is 17.3. The third-order valence-corrected chi connectivity index (χ3v) is 7.02. The van der Waals surface area contributed by atoms with E-state index in [1.807, 2.05) is 0 Å². The summed E-state index contributed by atoms with van der Waals surface area (Å²) in [6, 6.07) is 8.10. The highest BCUT2D eigenvalue weighted by Gasteiger charge is 2.43. The van der Waals surface area contributed by atoms with E-state index in [0.717, 1.165) is 48.5 Å². The molecule has 2 N–H and O–H groups in total. The van der Waals surface area contributed by atoms with Crippen molar-refractivity contribution in [2.24, 2.45) is 0 Å². The summed E-state index contributed by atoms with van der Waals surface area (Å²) in [4.78, 5) is 1.51. The van der Waals surface area contributed by atoms with Crippen molar-refractivity contribution in [3.05, 3.63) is 54.1 Å². The molecule has 0 saturated heterocycles. The summed E-state index contributed by atoms with van der Waals surface area (Å²) in [6.45, 7) is 0. The zero-order valence-corrected chi connectivity index (χ0v) is 13.0. The number of phenolic OH excluding ortho intramolecular Hbond substituents is 2. The first-order chi connectivity index (χ1) is 10.7. The quantitative estimate of drug-likeness (QED) is 0.355. The molecular weight excluding hydrogens is 344 g/mol. The molecule has 8 nitrogen and oxygen atoms in total. The van der Waals surface area contributed by atoms with Gasteiger partial charge in [-0.25, -0.2) is 16.8 Å². The molecule has 0 saturated carbocycles. The first-order valence-electron chi connectivity index (χ1n) is 6.00. The topological polar surface area (TPSA) is 145 Å². The van der Waals surface area contributed by atoms with Crippen LogP contribution in [0, 0.1) is 0 Å². The lowest BCUT2D eigenvalue weighted by Crippen LogP contribution is -2.26. The Labute approximate surface area is 131 Å². The number of hydrogen-bond acceptors (Lipinski definition) is 6. The molecule has 0 fully saturated rings. The van der Waals surface area contributed by atoms with Crippen LogP contribution in [0.4, 0.5) is 0 Å². The maximum absolute atomic E-state index is 12.4. The van der Waals surface area contributed by atoms with Crippen molar-refractivity contribution in [2.45, 2.75) is 9.79 Å². The summed E-state index contributed by atoms with van der Waals surface area (Å²) in [7, 11) is -9.29. The van der Waals surface area contributed by atoms with E-state index in [4.69, 9.17) is 15.7 Å². The lowest BCUT2D eigenvalue weighted by atomic mass is 10.3. The van der Waals surface area contributed by atoms with E-state index in [1.165, 1.54) is 0 Å². The van der Waals surface area contributed by atoms with Crippen LogP contribution in [0.2, 0.25) is 0 Å². The van der Waals surface area contributed by atoms with Crippen LogP contribution < -0.4 is 0 Å². The Morgan fingerprint density at radius 3 is 1.30 bits per heavy atom. The minimum Gasteiger partial charge on any atom is -0.508 e. The van der Waals surface area contributed by atoms with Crippen LogP contribution in [-0.2, 0) is 19.7 Å². The van der Waals surface area contributed by atoms with Gasteiger partial charge in [0.2, 0.25) is 0 Å². The average molecular weight is 354 g/mol. The molecular formula is C13H10N2O6S2. The van der Waals surface area contributed by atoms with E-state index >= 15 is 0 Å². The number of nitrogens with zero attached hydrogens (tertiary/aromatic N) is 2. The molecule has 0 radical (unpaired) electrons. The maximum atomic E-state index is 12.4. The number of hydrogen-bond donors (Lipinski definition) is 2. The van der Waals surface area contributed by atoms with Crippen LogP contribution in [-0.4, -0.2) is 36.2 Å². The normalized spacial score (nSPS) is 11.7. The van der Waals surface area contributed by atoms with Gasteiger partial charge in [0.25, 0.3) is 19.7 Å². The number of rotatable bonds is 2. The van der Waals surface area contributed by atoms with Crippen LogP contribution in [0.15, 0.2) is 58.3 Å². The van der Waals surface area contributed by atoms with Crippen molar-refractivity contribution in [1.82, 2.24) is 0 Å². The number of aromatic hydroxyl groups is 2. The van der Waals surface area contributed by atoms with Crippen LogP contribution in [0.1, 0.15) is 0 Å².